The summed E-state index contributed by atoms with van der Waals surface area (Å²) in [5, 5.41) is 11.6. The van der Waals surface area contributed by atoms with Gasteiger partial charge in [-0.2, -0.15) is 0 Å². The van der Waals surface area contributed by atoms with Crippen LogP contribution in [0.3, 0.4) is 0 Å². The van der Waals surface area contributed by atoms with Crippen LogP contribution >= 0.6 is 0 Å². The van der Waals surface area contributed by atoms with Gasteiger partial charge < -0.3 is 9.90 Å². The highest BCUT2D eigenvalue weighted by Gasteiger charge is 2.34. The fraction of sp³-hybridized carbons (Fsp3) is 0.938. The molecule has 0 saturated carbocycles. The Bertz CT molecular complexity index is 225. The van der Waals surface area contributed by atoms with Crippen molar-refractivity contribution in [3.8, 4) is 0 Å². The number of carboxylic acid groups (broad SMARTS) is 1. The molecule has 0 saturated heterocycles. The average Bonchev–Trinajstić information content (AvgIpc) is 2.35. The largest absolute Gasteiger partial charge is 0.550 e. The number of aliphatic carboxylic acids is 1. The summed E-state index contributed by atoms with van der Waals surface area (Å²) in [6, 6.07) is 0. The van der Waals surface area contributed by atoms with Gasteiger partial charge in [-0.15, -0.1) is 0 Å². The standard InChI is InChI=1S/C16H32O2/c1-5-8-10-11-12-14(4)16(7-3,15(17)18)13-9-6-2/h14H,5-13H2,1-4H3,(H,17,18)/p-1. The maximum atomic E-state index is 11.6. The molecular weight excluding hydrogens is 224 g/mol. The molecule has 2 nitrogen and oxygen atoms in total. The van der Waals surface area contributed by atoms with Gasteiger partial charge in [0, 0.05) is 11.4 Å². The molecule has 0 amide bonds. The van der Waals surface area contributed by atoms with Crippen LogP contribution < -0.4 is 5.11 Å². The highest BCUT2D eigenvalue weighted by atomic mass is 16.4. The summed E-state index contributed by atoms with van der Waals surface area (Å²) in [6.07, 6.45) is 9.39. The molecule has 0 aliphatic rings. The van der Waals surface area contributed by atoms with Crippen LogP contribution in [0.25, 0.3) is 0 Å². The van der Waals surface area contributed by atoms with E-state index < -0.39 is 11.4 Å². The van der Waals surface area contributed by atoms with Crippen molar-refractivity contribution >= 4 is 5.97 Å². The highest BCUT2D eigenvalue weighted by molar-refractivity contribution is 5.72. The topological polar surface area (TPSA) is 40.1 Å². The Balaban J connectivity index is 4.47. The van der Waals surface area contributed by atoms with Crippen LogP contribution in [-0.2, 0) is 4.79 Å². The molecule has 2 atom stereocenters. The fourth-order valence-electron chi connectivity index (χ4n) is 2.87. The molecule has 2 heteroatoms. The second kappa shape index (κ2) is 9.41. The third-order valence-corrected chi connectivity index (χ3v) is 4.45. The lowest BCUT2D eigenvalue weighted by Gasteiger charge is -2.40. The van der Waals surface area contributed by atoms with Crippen molar-refractivity contribution in [3.05, 3.63) is 0 Å². The van der Waals surface area contributed by atoms with Crippen LogP contribution in [0.5, 0.6) is 0 Å². The molecule has 0 aromatic heterocycles. The van der Waals surface area contributed by atoms with Crippen molar-refractivity contribution in [1.82, 2.24) is 0 Å². The van der Waals surface area contributed by atoms with Crippen LogP contribution in [0.1, 0.15) is 85.5 Å². The zero-order chi connectivity index (χ0) is 14.0. The molecule has 0 bridgehead atoms. The normalized spacial score (nSPS) is 16.2. The Hall–Kier alpha value is -0.530. The fourth-order valence-corrected chi connectivity index (χ4v) is 2.87. The Morgan fingerprint density at radius 3 is 2.11 bits per heavy atom. The van der Waals surface area contributed by atoms with Gasteiger partial charge in [0.25, 0.3) is 0 Å². The van der Waals surface area contributed by atoms with Gasteiger partial charge in [0.15, 0.2) is 0 Å². The lowest BCUT2D eigenvalue weighted by molar-refractivity contribution is -0.323. The van der Waals surface area contributed by atoms with Gasteiger partial charge >= 0.3 is 0 Å². The summed E-state index contributed by atoms with van der Waals surface area (Å²) in [7, 11) is 0. The van der Waals surface area contributed by atoms with Crippen molar-refractivity contribution in [1.29, 1.82) is 0 Å². The molecule has 0 fully saturated rings. The number of rotatable bonds is 11. The molecule has 0 spiro atoms. The number of carbonyl (C=O) groups is 1. The Morgan fingerprint density at radius 1 is 1.06 bits per heavy atom. The van der Waals surface area contributed by atoms with Gasteiger partial charge in [-0.1, -0.05) is 66.2 Å². The Labute approximate surface area is 113 Å². The summed E-state index contributed by atoms with van der Waals surface area (Å²) < 4.78 is 0. The minimum absolute atomic E-state index is 0.232. The molecule has 0 heterocycles. The van der Waals surface area contributed by atoms with Gasteiger partial charge in [-0.3, -0.25) is 0 Å². The van der Waals surface area contributed by atoms with Gasteiger partial charge in [0.05, 0.1) is 0 Å². The van der Waals surface area contributed by atoms with E-state index in [0.29, 0.717) is 6.42 Å². The van der Waals surface area contributed by atoms with Gasteiger partial charge in [0.1, 0.15) is 0 Å². The molecule has 0 aromatic rings. The quantitative estimate of drug-likeness (QED) is 0.525. The molecule has 0 rings (SSSR count). The second-order valence-corrected chi connectivity index (χ2v) is 5.65. The average molecular weight is 255 g/mol. The maximum absolute atomic E-state index is 11.6. The van der Waals surface area contributed by atoms with Crippen LogP contribution in [-0.4, -0.2) is 5.97 Å². The molecule has 0 aromatic carbocycles. The zero-order valence-corrected chi connectivity index (χ0v) is 12.8. The first kappa shape index (κ1) is 17.5. The molecule has 108 valence electrons. The summed E-state index contributed by atoms with van der Waals surface area (Å²) in [6.45, 7) is 8.40. The van der Waals surface area contributed by atoms with E-state index in [-0.39, 0.29) is 5.92 Å². The summed E-state index contributed by atoms with van der Waals surface area (Å²) >= 11 is 0. The number of hydrogen-bond donors (Lipinski definition) is 0. The first-order valence-electron chi connectivity index (χ1n) is 7.76. The number of carboxylic acids is 1. The third-order valence-electron chi connectivity index (χ3n) is 4.45. The Kier molecular flexibility index (Phi) is 9.13. The summed E-state index contributed by atoms with van der Waals surface area (Å²) in [4.78, 5) is 11.6. The molecule has 0 radical (unpaired) electrons. The van der Waals surface area contributed by atoms with E-state index in [9.17, 15) is 9.90 Å². The molecular formula is C16H31O2-. The van der Waals surface area contributed by atoms with Crippen LogP contribution in [0.2, 0.25) is 0 Å². The lowest BCUT2D eigenvalue weighted by atomic mass is 9.69. The van der Waals surface area contributed by atoms with Crippen molar-refractivity contribution < 1.29 is 9.90 Å². The number of hydrogen-bond acceptors (Lipinski definition) is 2. The van der Waals surface area contributed by atoms with Gasteiger partial charge in [0.2, 0.25) is 0 Å². The maximum Gasteiger partial charge on any atom is 0.0478 e. The monoisotopic (exact) mass is 255 g/mol. The van der Waals surface area contributed by atoms with E-state index in [0.717, 1.165) is 32.1 Å². The van der Waals surface area contributed by atoms with Gasteiger partial charge in [-0.05, 0) is 25.2 Å². The van der Waals surface area contributed by atoms with Crippen molar-refractivity contribution in [3.63, 3.8) is 0 Å². The minimum Gasteiger partial charge on any atom is -0.550 e. The first-order valence-corrected chi connectivity index (χ1v) is 7.76. The predicted molar refractivity (Wildman–Crippen MR) is 75.2 cm³/mol. The van der Waals surface area contributed by atoms with Crippen molar-refractivity contribution in [2.24, 2.45) is 11.3 Å². The molecule has 0 aliphatic carbocycles. The first-order chi connectivity index (χ1) is 8.55. The van der Waals surface area contributed by atoms with Crippen molar-refractivity contribution in [2.75, 3.05) is 0 Å². The summed E-state index contributed by atoms with van der Waals surface area (Å²) in [5.74, 6) is -0.600. The van der Waals surface area contributed by atoms with Crippen molar-refractivity contribution in [2.45, 2.75) is 85.5 Å². The van der Waals surface area contributed by atoms with Crippen LogP contribution in [0, 0.1) is 11.3 Å². The Morgan fingerprint density at radius 2 is 1.67 bits per heavy atom. The van der Waals surface area contributed by atoms with E-state index >= 15 is 0 Å². The SMILES string of the molecule is CCCCCCC(C)C(CC)(CCCC)C(=O)[O-]. The number of carbonyl (C=O) groups excluding carboxylic acids is 1. The predicted octanol–water partition coefficient (Wildman–Crippen LogP) is 3.93. The van der Waals surface area contributed by atoms with Crippen LogP contribution in [0.15, 0.2) is 0 Å². The second-order valence-electron chi connectivity index (χ2n) is 5.65. The third kappa shape index (κ3) is 4.99. The van der Waals surface area contributed by atoms with Gasteiger partial charge in [-0.25, -0.2) is 0 Å². The lowest BCUT2D eigenvalue weighted by Crippen LogP contribution is -2.46. The minimum atomic E-state index is -0.832. The van der Waals surface area contributed by atoms with E-state index in [1.165, 1.54) is 19.3 Å². The van der Waals surface area contributed by atoms with E-state index in [4.69, 9.17) is 0 Å². The highest BCUT2D eigenvalue weighted by Crippen LogP contribution is 2.39. The van der Waals surface area contributed by atoms with E-state index in [1.54, 1.807) is 0 Å². The molecule has 2 unspecified atom stereocenters. The summed E-state index contributed by atoms with van der Waals surface area (Å²) in [5.41, 5.74) is -0.595. The van der Waals surface area contributed by atoms with E-state index in [2.05, 4.69) is 20.8 Å². The van der Waals surface area contributed by atoms with E-state index in [1.807, 2.05) is 6.92 Å². The molecule has 18 heavy (non-hydrogen) atoms. The molecule has 0 aliphatic heterocycles. The zero-order valence-electron chi connectivity index (χ0n) is 12.8. The number of unbranched alkanes of at least 4 members (excludes halogenated alkanes) is 4. The smallest absolute Gasteiger partial charge is 0.0478 e. The van der Waals surface area contributed by atoms with Crippen LogP contribution in [0.4, 0.5) is 0 Å². The molecule has 0 N–H and O–H groups in total.